The largest absolute Gasteiger partial charge is 0.472 e. The number of carbonyl (C=O) groups excluding carboxylic acids is 4. The highest BCUT2D eigenvalue weighted by molar-refractivity contribution is 7.47. The molecule has 0 bridgehead atoms. The van der Waals surface area contributed by atoms with Gasteiger partial charge >= 0.3 is 39.5 Å². The molecular formula is C89H174O17P2. The highest BCUT2D eigenvalue weighted by Crippen LogP contribution is 2.45. The fraction of sp³-hybridized carbons (Fsp3) is 0.955. The van der Waals surface area contributed by atoms with Gasteiger partial charge in [0.25, 0.3) is 0 Å². The Morgan fingerprint density at radius 3 is 0.657 bits per heavy atom. The van der Waals surface area contributed by atoms with E-state index in [0.29, 0.717) is 25.7 Å². The fourth-order valence-corrected chi connectivity index (χ4v) is 15.5. The first-order valence-electron chi connectivity index (χ1n) is 46.1. The second-order valence-corrected chi connectivity index (χ2v) is 35.4. The molecule has 0 aromatic carbocycles. The summed E-state index contributed by atoms with van der Waals surface area (Å²) in [6, 6.07) is 0. The third-order valence-electron chi connectivity index (χ3n) is 21.7. The van der Waals surface area contributed by atoms with E-state index < -0.39 is 97.5 Å². The van der Waals surface area contributed by atoms with Gasteiger partial charge in [-0.05, 0) is 37.5 Å². The van der Waals surface area contributed by atoms with Crippen molar-refractivity contribution in [2.24, 2.45) is 11.8 Å². The molecule has 0 fully saturated rings. The van der Waals surface area contributed by atoms with Crippen molar-refractivity contribution in [1.29, 1.82) is 0 Å². The molecule has 19 heteroatoms. The zero-order valence-corrected chi connectivity index (χ0v) is 73.0. The number of phosphoric ester groups is 2. The molecule has 0 aromatic rings. The quantitative estimate of drug-likeness (QED) is 0.0222. The molecule has 642 valence electrons. The van der Waals surface area contributed by atoms with Gasteiger partial charge in [0, 0.05) is 25.7 Å². The minimum absolute atomic E-state index is 0.107. The van der Waals surface area contributed by atoms with E-state index in [1.165, 1.54) is 295 Å². The lowest BCUT2D eigenvalue weighted by molar-refractivity contribution is -0.161. The highest BCUT2D eigenvalue weighted by Gasteiger charge is 2.31. The van der Waals surface area contributed by atoms with Crippen molar-refractivity contribution < 1.29 is 80.2 Å². The summed E-state index contributed by atoms with van der Waals surface area (Å²) in [5.74, 6) is -0.424. The van der Waals surface area contributed by atoms with Crippen LogP contribution in [0.15, 0.2) is 0 Å². The monoisotopic (exact) mass is 1580 g/mol. The number of aliphatic hydroxyl groups excluding tert-OH is 1. The predicted molar refractivity (Wildman–Crippen MR) is 446 cm³/mol. The molecule has 0 aromatic heterocycles. The van der Waals surface area contributed by atoms with Crippen LogP contribution in [-0.4, -0.2) is 96.7 Å². The summed E-state index contributed by atoms with van der Waals surface area (Å²) in [4.78, 5) is 73.3. The van der Waals surface area contributed by atoms with Gasteiger partial charge in [-0.2, -0.15) is 0 Å². The Bertz CT molecular complexity index is 2070. The van der Waals surface area contributed by atoms with Gasteiger partial charge in [-0.25, -0.2) is 9.13 Å². The summed E-state index contributed by atoms with van der Waals surface area (Å²) >= 11 is 0. The molecule has 0 aliphatic rings. The fourth-order valence-electron chi connectivity index (χ4n) is 13.9. The second-order valence-electron chi connectivity index (χ2n) is 32.5. The molecule has 7 atom stereocenters. The van der Waals surface area contributed by atoms with Crippen LogP contribution in [-0.2, 0) is 65.4 Å². The van der Waals surface area contributed by atoms with Crippen LogP contribution >= 0.6 is 15.6 Å². The van der Waals surface area contributed by atoms with Gasteiger partial charge in [-0.3, -0.25) is 37.3 Å². The lowest BCUT2D eigenvalue weighted by Gasteiger charge is -2.21. The van der Waals surface area contributed by atoms with Crippen LogP contribution in [0, 0.1) is 11.8 Å². The number of hydrogen-bond donors (Lipinski definition) is 3. The van der Waals surface area contributed by atoms with E-state index in [2.05, 4.69) is 41.5 Å². The van der Waals surface area contributed by atoms with E-state index in [1.54, 1.807) is 0 Å². The normalized spacial score (nSPS) is 14.3. The van der Waals surface area contributed by atoms with Crippen molar-refractivity contribution in [1.82, 2.24) is 0 Å². The molecule has 0 heterocycles. The van der Waals surface area contributed by atoms with Gasteiger partial charge < -0.3 is 33.8 Å². The summed E-state index contributed by atoms with van der Waals surface area (Å²) < 4.78 is 69.0. The molecule has 0 spiro atoms. The molecule has 108 heavy (non-hydrogen) atoms. The van der Waals surface area contributed by atoms with Crippen LogP contribution in [0.3, 0.4) is 0 Å². The topological polar surface area (TPSA) is 237 Å². The average molecular weight is 1580 g/mol. The van der Waals surface area contributed by atoms with Crippen molar-refractivity contribution in [3.8, 4) is 0 Å². The third kappa shape index (κ3) is 79.3. The molecule has 0 aliphatic carbocycles. The highest BCUT2D eigenvalue weighted by atomic mass is 31.2. The van der Waals surface area contributed by atoms with Crippen LogP contribution in [0.1, 0.15) is 478 Å². The summed E-state index contributed by atoms with van der Waals surface area (Å²) in [6.45, 7) is 9.78. The van der Waals surface area contributed by atoms with Crippen LogP contribution in [0.4, 0.5) is 0 Å². The Morgan fingerprint density at radius 1 is 0.259 bits per heavy atom. The maximum atomic E-state index is 13.2. The van der Waals surface area contributed by atoms with Crippen LogP contribution < -0.4 is 0 Å². The molecular weight excluding hydrogens is 1400 g/mol. The SMILES string of the molecule is CCCCCCCCCCCCCCCCCCCCCCC(=O)OC[C@H](COP(=O)(O)OC[C@@H](O)COP(=O)(O)OC[C@@H](COC(=O)CCCCCCCCCCCCCC)OC(=O)CCCCCCCCCCCCC(C)CC)OC(=O)CCCCCCCCCCCCCCCCCCCCC(C)CC. The maximum Gasteiger partial charge on any atom is 0.472 e. The predicted octanol–water partition coefficient (Wildman–Crippen LogP) is 27.4. The smallest absolute Gasteiger partial charge is 0.462 e. The third-order valence-corrected chi connectivity index (χ3v) is 23.6. The second kappa shape index (κ2) is 80.3. The molecule has 3 N–H and O–H groups in total. The van der Waals surface area contributed by atoms with Crippen LogP contribution in [0.5, 0.6) is 0 Å². The van der Waals surface area contributed by atoms with Gasteiger partial charge in [0.15, 0.2) is 12.2 Å². The van der Waals surface area contributed by atoms with Crippen LogP contribution in [0.25, 0.3) is 0 Å². The van der Waals surface area contributed by atoms with Gasteiger partial charge in [0.2, 0.25) is 0 Å². The van der Waals surface area contributed by atoms with Crippen LogP contribution in [0.2, 0.25) is 0 Å². The number of esters is 4. The van der Waals surface area contributed by atoms with Gasteiger partial charge in [-0.1, -0.05) is 427 Å². The summed E-state index contributed by atoms with van der Waals surface area (Å²) in [5, 5.41) is 10.7. The Balaban J connectivity index is 5.24. The first-order chi connectivity index (χ1) is 52.4. The van der Waals surface area contributed by atoms with E-state index in [4.69, 9.17) is 37.0 Å². The van der Waals surface area contributed by atoms with Crippen molar-refractivity contribution in [2.75, 3.05) is 39.6 Å². The summed E-state index contributed by atoms with van der Waals surface area (Å²) in [6.07, 6.45) is 73.5. The van der Waals surface area contributed by atoms with Crippen molar-refractivity contribution in [2.45, 2.75) is 496 Å². The number of aliphatic hydroxyl groups is 1. The van der Waals surface area contributed by atoms with Crippen molar-refractivity contribution in [3.63, 3.8) is 0 Å². The Morgan fingerprint density at radius 2 is 0.444 bits per heavy atom. The molecule has 0 rings (SSSR count). The van der Waals surface area contributed by atoms with E-state index in [0.717, 1.165) is 102 Å². The number of carbonyl (C=O) groups is 4. The average Bonchev–Trinajstić information content (AvgIpc) is 1.04. The molecule has 0 saturated heterocycles. The molecule has 0 amide bonds. The number of rotatable bonds is 88. The lowest BCUT2D eigenvalue weighted by Crippen LogP contribution is -2.30. The van der Waals surface area contributed by atoms with E-state index in [-0.39, 0.29) is 25.7 Å². The van der Waals surface area contributed by atoms with E-state index >= 15 is 0 Å². The molecule has 0 radical (unpaired) electrons. The van der Waals surface area contributed by atoms with E-state index in [1.807, 2.05) is 0 Å². The Kier molecular flexibility index (Phi) is 78.8. The molecule has 0 aliphatic heterocycles. The zero-order valence-electron chi connectivity index (χ0n) is 71.2. The minimum Gasteiger partial charge on any atom is -0.462 e. The molecule has 0 saturated carbocycles. The first-order valence-corrected chi connectivity index (χ1v) is 49.1. The van der Waals surface area contributed by atoms with Gasteiger partial charge in [0.1, 0.15) is 19.3 Å². The van der Waals surface area contributed by atoms with Gasteiger partial charge in [0.05, 0.1) is 26.4 Å². The van der Waals surface area contributed by atoms with Gasteiger partial charge in [-0.15, -0.1) is 0 Å². The number of ether oxygens (including phenoxy) is 4. The van der Waals surface area contributed by atoms with Crippen molar-refractivity contribution >= 4 is 39.5 Å². The Hall–Kier alpha value is -1.94. The summed E-state index contributed by atoms with van der Waals surface area (Å²) in [7, 11) is -9.93. The molecule has 4 unspecified atom stereocenters. The minimum atomic E-state index is -4.97. The number of phosphoric acid groups is 2. The molecule has 17 nitrogen and oxygen atoms in total. The summed E-state index contributed by atoms with van der Waals surface area (Å²) in [5.41, 5.74) is 0. The number of unbranched alkanes of at least 4 members (excludes halogenated alkanes) is 56. The maximum absolute atomic E-state index is 13.2. The standard InChI is InChI=1S/C89H174O17P2/c1-7-11-13-15-17-19-21-23-24-25-26-27-31-34-37-41-48-54-60-66-72-87(92)100-77-84(105-88(93)73-67-61-55-49-42-38-35-32-29-28-30-33-36-39-45-51-57-63-69-81(5)9-3)79-103-107(95,96)101-75-83(90)76-102-108(97,98)104-80-85(78-99-86(91)71-65-59-53-47-40-22-20-18-16-14-12-8-2)106-89(94)74-68-62-56-50-44-43-46-52-58-64-70-82(6)10-4/h81-85,90H,7-80H2,1-6H3,(H,95,96)(H,97,98)/t81?,82?,83-,84-,85-/m1/s1. The van der Waals surface area contributed by atoms with E-state index in [9.17, 15) is 43.2 Å². The zero-order chi connectivity index (χ0) is 79.2. The lowest BCUT2D eigenvalue weighted by atomic mass is 9.99. The number of hydrogen-bond acceptors (Lipinski definition) is 15. The van der Waals surface area contributed by atoms with Crippen molar-refractivity contribution in [3.05, 3.63) is 0 Å². The Labute approximate surface area is 664 Å². The first kappa shape index (κ1) is 106.